The van der Waals surface area contributed by atoms with E-state index in [9.17, 15) is 0 Å². The highest BCUT2D eigenvalue weighted by atomic mass is 35.5. The third kappa shape index (κ3) is 3.14. The summed E-state index contributed by atoms with van der Waals surface area (Å²) in [6.45, 7) is 2.58. The first kappa shape index (κ1) is 13.4. The molecule has 0 aliphatic heterocycles. The second kappa shape index (κ2) is 5.84. The van der Waals surface area contributed by atoms with Crippen LogP contribution in [0.25, 0.3) is 5.95 Å². The minimum atomic E-state index is 0.127. The van der Waals surface area contributed by atoms with E-state index in [4.69, 9.17) is 11.6 Å². The number of halogens is 1. The number of aromatic nitrogens is 6. The van der Waals surface area contributed by atoms with E-state index in [0.717, 1.165) is 11.1 Å². The molecular weight excluding hydrogens is 290 g/mol. The Morgan fingerprint density at radius 1 is 1.19 bits per heavy atom. The summed E-state index contributed by atoms with van der Waals surface area (Å²) in [5.74, 6) is 0.830. The third-order valence-corrected chi connectivity index (χ3v) is 3.07. The molecule has 1 N–H and O–H groups in total. The molecule has 7 nitrogen and oxygen atoms in total. The average Bonchev–Trinajstić information content (AvgIpc) is 3.00. The van der Waals surface area contributed by atoms with Crippen LogP contribution in [0.4, 0.5) is 5.95 Å². The number of pyridine rings is 1. The molecule has 0 atom stereocenters. The van der Waals surface area contributed by atoms with E-state index in [1.54, 1.807) is 29.5 Å². The third-order valence-electron chi connectivity index (χ3n) is 2.91. The maximum atomic E-state index is 5.93. The minimum absolute atomic E-state index is 0.127. The van der Waals surface area contributed by atoms with Crippen molar-refractivity contribution in [2.45, 2.75) is 13.5 Å². The van der Waals surface area contributed by atoms with Crippen LogP contribution in [-0.4, -0.2) is 29.5 Å². The average molecular weight is 302 g/mol. The highest BCUT2D eigenvalue weighted by molar-refractivity contribution is 6.28. The van der Waals surface area contributed by atoms with Crippen molar-refractivity contribution < 1.29 is 0 Å². The largest absolute Gasteiger partial charge is 0.350 e. The number of rotatable bonds is 4. The van der Waals surface area contributed by atoms with Gasteiger partial charge in [0.25, 0.3) is 0 Å². The predicted octanol–water partition coefficient (Wildman–Crippen LogP) is 2.03. The van der Waals surface area contributed by atoms with E-state index >= 15 is 0 Å². The Hall–Kier alpha value is -2.54. The van der Waals surface area contributed by atoms with Crippen molar-refractivity contribution in [3.63, 3.8) is 0 Å². The molecule has 0 unspecified atom stereocenters. The van der Waals surface area contributed by atoms with Crippen molar-refractivity contribution in [1.29, 1.82) is 0 Å². The van der Waals surface area contributed by atoms with Gasteiger partial charge in [-0.1, -0.05) is 0 Å². The summed E-state index contributed by atoms with van der Waals surface area (Å²) in [5, 5.41) is 3.26. The number of nitrogens with one attached hydrogen (secondary N) is 1. The maximum Gasteiger partial charge on any atom is 0.241 e. The lowest BCUT2D eigenvalue weighted by molar-refractivity contribution is 0.887. The van der Waals surface area contributed by atoms with Gasteiger partial charge in [-0.3, -0.25) is 9.55 Å². The molecule has 0 spiro atoms. The molecule has 106 valence electrons. The molecular formula is C13H12ClN7. The van der Waals surface area contributed by atoms with Crippen molar-refractivity contribution in [3.8, 4) is 5.95 Å². The number of aryl methyl sites for hydroxylation is 1. The highest BCUT2D eigenvalue weighted by Crippen LogP contribution is 2.12. The van der Waals surface area contributed by atoms with E-state index in [1.165, 1.54) is 0 Å². The van der Waals surface area contributed by atoms with Crippen LogP contribution in [0.1, 0.15) is 11.1 Å². The fourth-order valence-electron chi connectivity index (χ4n) is 1.79. The number of anilines is 1. The first-order valence-electron chi connectivity index (χ1n) is 6.25. The van der Waals surface area contributed by atoms with Crippen LogP contribution in [0.5, 0.6) is 0 Å². The number of imidazole rings is 1. The summed E-state index contributed by atoms with van der Waals surface area (Å²) in [6.07, 6.45) is 8.55. The van der Waals surface area contributed by atoms with Gasteiger partial charge in [-0.25, -0.2) is 4.98 Å². The minimum Gasteiger partial charge on any atom is -0.350 e. The van der Waals surface area contributed by atoms with Gasteiger partial charge in [0.05, 0.1) is 0 Å². The zero-order valence-electron chi connectivity index (χ0n) is 11.2. The van der Waals surface area contributed by atoms with Crippen LogP contribution in [0.2, 0.25) is 5.28 Å². The molecule has 0 aliphatic carbocycles. The Labute approximate surface area is 126 Å². The Morgan fingerprint density at radius 2 is 2.10 bits per heavy atom. The van der Waals surface area contributed by atoms with Crippen LogP contribution in [-0.2, 0) is 6.54 Å². The molecule has 8 heteroatoms. The maximum absolute atomic E-state index is 5.93. The van der Waals surface area contributed by atoms with Gasteiger partial charge in [-0.15, -0.1) is 0 Å². The van der Waals surface area contributed by atoms with Crippen molar-refractivity contribution in [1.82, 2.24) is 29.5 Å². The van der Waals surface area contributed by atoms with Gasteiger partial charge in [-0.05, 0) is 35.7 Å². The Kier molecular flexibility index (Phi) is 3.74. The van der Waals surface area contributed by atoms with E-state index in [2.05, 4.69) is 30.2 Å². The van der Waals surface area contributed by atoms with Gasteiger partial charge in [0.2, 0.25) is 17.2 Å². The lowest BCUT2D eigenvalue weighted by Gasteiger charge is -2.08. The lowest BCUT2D eigenvalue weighted by Crippen LogP contribution is -2.09. The fraction of sp³-hybridized carbons (Fsp3) is 0.154. The molecule has 3 aromatic heterocycles. The van der Waals surface area contributed by atoms with E-state index < -0.39 is 0 Å². The van der Waals surface area contributed by atoms with Crippen LogP contribution in [0.15, 0.2) is 37.2 Å². The number of nitrogens with zero attached hydrogens (tertiary/aromatic N) is 6. The van der Waals surface area contributed by atoms with Crippen molar-refractivity contribution >= 4 is 17.5 Å². The molecule has 3 heterocycles. The topological polar surface area (TPSA) is 81.4 Å². The Balaban J connectivity index is 1.81. The smallest absolute Gasteiger partial charge is 0.241 e. The van der Waals surface area contributed by atoms with Crippen molar-refractivity contribution in [2.75, 3.05) is 5.32 Å². The highest BCUT2D eigenvalue weighted by Gasteiger charge is 2.07. The van der Waals surface area contributed by atoms with Gasteiger partial charge in [-0.2, -0.15) is 15.0 Å². The summed E-state index contributed by atoms with van der Waals surface area (Å²) in [7, 11) is 0. The zero-order valence-corrected chi connectivity index (χ0v) is 12.0. The predicted molar refractivity (Wildman–Crippen MR) is 78.3 cm³/mol. The molecule has 0 bridgehead atoms. The zero-order chi connectivity index (χ0) is 14.7. The van der Waals surface area contributed by atoms with Crippen LogP contribution >= 0.6 is 11.6 Å². The van der Waals surface area contributed by atoms with Gasteiger partial charge in [0, 0.05) is 31.3 Å². The molecule has 0 amide bonds. The van der Waals surface area contributed by atoms with Crippen molar-refractivity contribution in [3.05, 3.63) is 53.6 Å². The normalized spacial score (nSPS) is 10.6. The van der Waals surface area contributed by atoms with Crippen LogP contribution in [0.3, 0.4) is 0 Å². The molecule has 3 aromatic rings. The Morgan fingerprint density at radius 3 is 2.86 bits per heavy atom. The number of hydrogen-bond acceptors (Lipinski definition) is 6. The van der Waals surface area contributed by atoms with E-state index in [0.29, 0.717) is 18.4 Å². The molecule has 0 saturated heterocycles. The fourth-order valence-corrected chi connectivity index (χ4v) is 1.94. The van der Waals surface area contributed by atoms with Crippen molar-refractivity contribution in [2.24, 2.45) is 0 Å². The first-order chi connectivity index (χ1) is 10.2. The second-order valence-electron chi connectivity index (χ2n) is 4.35. The summed E-state index contributed by atoms with van der Waals surface area (Å²) >= 11 is 5.93. The van der Waals surface area contributed by atoms with E-state index in [-0.39, 0.29) is 5.28 Å². The molecule has 21 heavy (non-hydrogen) atoms. The van der Waals surface area contributed by atoms with Gasteiger partial charge in [0.1, 0.15) is 6.33 Å². The van der Waals surface area contributed by atoms with Gasteiger partial charge in [0.15, 0.2) is 0 Å². The molecule has 0 aromatic carbocycles. The standard InChI is InChI=1S/C13H12ClN7/c1-9-6-15-3-2-10(9)7-17-12-18-11(14)19-13(20-12)21-5-4-16-8-21/h2-6,8H,7H2,1H3,(H,17,18,19,20). The SMILES string of the molecule is Cc1cnccc1CNc1nc(Cl)nc(-n2ccnc2)n1. The molecule has 0 radical (unpaired) electrons. The summed E-state index contributed by atoms with van der Waals surface area (Å²) in [5.41, 5.74) is 2.21. The summed E-state index contributed by atoms with van der Waals surface area (Å²) < 4.78 is 1.66. The molecule has 0 saturated carbocycles. The second-order valence-corrected chi connectivity index (χ2v) is 4.69. The van der Waals surface area contributed by atoms with E-state index in [1.807, 2.05) is 19.2 Å². The molecule has 0 fully saturated rings. The van der Waals surface area contributed by atoms with Gasteiger partial charge >= 0.3 is 0 Å². The summed E-state index contributed by atoms with van der Waals surface area (Å²) in [4.78, 5) is 20.5. The van der Waals surface area contributed by atoms with Crippen LogP contribution in [0, 0.1) is 6.92 Å². The number of hydrogen-bond donors (Lipinski definition) is 1. The quantitative estimate of drug-likeness (QED) is 0.794. The summed E-state index contributed by atoms with van der Waals surface area (Å²) in [6, 6.07) is 1.95. The molecule has 0 aliphatic rings. The lowest BCUT2D eigenvalue weighted by atomic mass is 10.1. The Bertz CT molecular complexity index is 742. The van der Waals surface area contributed by atoms with Gasteiger partial charge < -0.3 is 5.32 Å². The monoisotopic (exact) mass is 301 g/mol. The first-order valence-corrected chi connectivity index (χ1v) is 6.63. The molecule has 3 rings (SSSR count). The van der Waals surface area contributed by atoms with Crippen LogP contribution < -0.4 is 5.32 Å².